The second-order valence-electron chi connectivity index (χ2n) is 3.51. The average molecular weight is 348 g/mol. The molecule has 0 atom stereocenters. The number of carboxylic acid groups (broad SMARTS) is 1. The van der Waals surface area contributed by atoms with E-state index in [2.05, 4.69) is 26.0 Å². The first kappa shape index (κ1) is 18.6. The van der Waals surface area contributed by atoms with Gasteiger partial charge in [-0.1, -0.05) is 55.7 Å². The van der Waals surface area contributed by atoms with E-state index in [1.807, 2.05) is 18.2 Å². The molecule has 0 unspecified atom stereocenters. The minimum absolute atomic E-state index is 0. The van der Waals surface area contributed by atoms with Crippen molar-refractivity contribution in [1.29, 1.82) is 0 Å². The van der Waals surface area contributed by atoms with Gasteiger partial charge in [0.15, 0.2) is 0 Å². The monoisotopic (exact) mass is 348 g/mol. The number of hydrogen-bond acceptors (Lipinski definition) is 1. The SMILES string of the molecule is CCCCCC(=O)O.Cc1ccccc1.[Ba+2].[H-].[H-]. The van der Waals surface area contributed by atoms with E-state index >= 15 is 0 Å². The van der Waals surface area contributed by atoms with Crippen LogP contribution in [0, 0.1) is 6.92 Å². The van der Waals surface area contributed by atoms with Gasteiger partial charge in [-0.25, -0.2) is 0 Å². The minimum Gasteiger partial charge on any atom is -1.00 e. The molecule has 0 fully saturated rings. The van der Waals surface area contributed by atoms with Crippen molar-refractivity contribution >= 4 is 54.9 Å². The zero-order valence-electron chi connectivity index (χ0n) is 12.3. The molecule has 0 aliphatic heterocycles. The standard InChI is InChI=1S/C7H8.C6H12O2.Ba.2H/c1-7-5-3-2-4-6-7;1-2-3-4-5-6(7)8;;;/h2-6H,1H3;2-5H2,1H3,(H,7,8);;;/q;;+2;2*-1. The van der Waals surface area contributed by atoms with Crippen LogP contribution in [0.25, 0.3) is 0 Å². The molecule has 0 aliphatic carbocycles. The summed E-state index contributed by atoms with van der Waals surface area (Å²) < 4.78 is 0. The van der Waals surface area contributed by atoms with Crippen molar-refractivity contribution in [2.24, 2.45) is 0 Å². The average Bonchev–Trinajstić information content (AvgIpc) is 2.20. The van der Waals surface area contributed by atoms with Gasteiger partial charge in [-0.15, -0.1) is 0 Å². The molecule has 0 aromatic heterocycles. The Balaban J connectivity index is -0.0000000935. The summed E-state index contributed by atoms with van der Waals surface area (Å²) in [6.45, 7) is 4.14. The third kappa shape index (κ3) is 14.3. The van der Waals surface area contributed by atoms with Crippen LogP contribution in [0.5, 0.6) is 0 Å². The van der Waals surface area contributed by atoms with Crippen molar-refractivity contribution in [2.75, 3.05) is 0 Å². The van der Waals surface area contributed by atoms with Gasteiger partial charge < -0.3 is 7.96 Å². The van der Waals surface area contributed by atoms with Gasteiger partial charge in [-0.2, -0.15) is 0 Å². The second kappa shape index (κ2) is 13.3. The van der Waals surface area contributed by atoms with Gasteiger partial charge in [0.05, 0.1) is 0 Å². The molecule has 0 amide bonds. The zero-order valence-corrected chi connectivity index (χ0v) is 14.7. The molecule has 0 saturated heterocycles. The molecule has 0 saturated carbocycles. The van der Waals surface area contributed by atoms with Gasteiger partial charge in [0.1, 0.15) is 0 Å². The molecule has 16 heavy (non-hydrogen) atoms. The Labute approximate surface area is 141 Å². The van der Waals surface area contributed by atoms with Crippen molar-refractivity contribution in [3.05, 3.63) is 35.9 Å². The molecule has 2 nitrogen and oxygen atoms in total. The van der Waals surface area contributed by atoms with Crippen LogP contribution in [0.15, 0.2) is 30.3 Å². The molecule has 1 aromatic rings. The van der Waals surface area contributed by atoms with E-state index in [9.17, 15) is 4.79 Å². The molecule has 0 aliphatic rings. The van der Waals surface area contributed by atoms with E-state index in [0.717, 1.165) is 19.3 Å². The number of carbonyl (C=O) groups is 1. The van der Waals surface area contributed by atoms with Crippen molar-refractivity contribution in [2.45, 2.75) is 39.5 Å². The van der Waals surface area contributed by atoms with Gasteiger partial charge >= 0.3 is 54.9 Å². The molecule has 88 valence electrons. The number of aliphatic carboxylic acids is 1. The second-order valence-corrected chi connectivity index (χ2v) is 3.51. The van der Waals surface area contributed by atoms with Gasteiger partial charge in [0, 0.05) is 6.42 Å². The molecule has 3 heteroatoms. The zero-order chi connectivity index (χ0) is 11.5. The van der Waals surface area contributed by atoms with Crippen LogP contribution in [0.1, 0.15) is 41.0 Å². The van der Waals surface area contributed by atoms with E-state index in [4.69, 9.17) is 5.11 Å². The normalized spacial score (nSPS) is 8.38. The molecule has 0 radical (unpaired) electrons. The van der Waals surface area contributed by atoms with Crippen molar-refractivity contribution < 1.29 is 12.8 Å². The Morgan fingerprint density at radius 1 is 1.25 bits per heavy atom. The number of aryl methyl sites for hydroxylation is 1. The summed E-state index contributed by atoms with van der Waals surface area (Å²) >= 11 is 0. The topological polar surface area (TPSA) is 37.3 Å². The van der Waals surface area contributed by atoms with Gasteiger partial charge in [-0.3, -0.25) is 4.79 Å². The van der Waals surface area contributed by atoms with Crippen LogP contribution in [0.2, 0.25) is 0 Å². The summed E-state index contributed by atoms with van der Waals surface area (Å²) in [5.74, 6) is -0.682. The first-order valence-corrected chi connectivity index (χ1v) is 5.40. The van der Waals surface area contributed by atoms with Crippen molar-refractivity contribution in [3.63, 3.8) is 0 Å². The van der Waals surface area contributed by atoms with Crippen molar-refractivity contribution in [3.8, 4) is 0 Å². The summed E-state index contributed by atoms with van der Waals surface area (Å²) in [6, 6.07) is 10.3. The molecule has 1 aromatic carbocycles. The van der Waals surface area contributed by atoms with Crippen LogP contribution >= 0.6 is 0 Å². The van der Waals surface area contributed by atoms with E-state index in [1.165, 1.54) is 5.56 Å². The molecular formula is C13H22BaO2. The molecule has 0 heterocycles. The maximum atomic E-state index is 9.87. The first-order chi connectivity index (χ1) is 7.16. The quantitative estimate of drug-likeness (QED) is 0.669. The number of benzene rings is 1. The smallest absolute Gasteiger partial charge is 1.00 e. The van der Waals surface area contributed by atoms with Crippen LogP contribution in [0.4, 0.5) is 0 Å². The largest absolute Gasteiger partial charge is 2.00 e. The first-order valence-electron chi connectivity index (χ1n) is 5.40. The van der Waals surface area contributed by atoms with E-state index in [1.54, 1.807) is 0 Å². The number of unbranched alkanes of at least 4 members (excludes halogenated alkanes) is 2. The molecule has 1 rings (SSSR count). The fourth-order valence-electron chi connectivity index (χ4n) is 1.06. The minimum atomic E-state index is -0.682. The molecule has 0 spiro atoms. The number of carboxylic acids is 1. The van der Waals surface area contributed by atoms with E-state index < -0.39 is 5.97 Å². The Kier molecular flexibility index (Phi) is 15.5. The molecular weight excluding hydrogens is 325 g/mol. The van der Waals surface area contributed by atoms with Crippen molar-refractivity contribution in [1.82, 2.24) is 0 Å². The van der Waals surface area contributed by atoms with E-state index in [-0.39, 0.29) is 51.7 Å². The Hall–Kier alpha value is 0.261. The Morgan fingerprint density at radius 3 is 2.12 bits per heavy atom. The number of hydrogen-bond donors (Lipinski definition) is 1. The molecule has 1 N–H and O–H groups in total. The van der Waals surface area contributed by atoms with Crippen LogP contribution in [0.3, 0.4) is 0 Å². The maximum absolute atomic E-state index is 9.87. The fraction of sp³-hybridized carbons (Fsp3) is 0.462. The van der Waals surface area contributed by atoms with Gasteiger partial charge in [0.25, 0.3) is 0 Å². The molecule has 0 bridgehead atoms. The Bertz CT molecular complexity index is 269. The fourth-order valence-corrected chi connectivity index (χ4v) is 1.06. The summed E-state index contributed by atoms with van der Waals surface area (Å²) in [6.07, 6.45) is 3.28. The summed E-state index contributed by atoms with van der Waals surface area (Å²) in [5, 5.41) is 8.14. The van der Waals surface area contributed by atoms with Crippen LogP contribution in [-0.2, 0) is 4.79 Å². The summed E-state index contributed by atoms with van der Waals surface area (Å²) in [5.41, 5.74) is 1.32. The third-order valence-corrected chi connectivity index (χ3v) is 1.93. The summed E-state index contributed by atoms with van der Waals surface area (Å²) in [7, 11) is 0. The van der Waals surface area contributed by atoms with E-state index in [0.29, 0.717) is 6.42 Å². The Morgan fingerprint density at radius 2 is 1.81 bits per heavy atom. The predicted molar refractivity (Wildman–Crippen MR) is 70.9 cm³/mol. The van der Waals surface area contributed by atoms with Gasteiger partial charge in [-0.05, 0) is 13.3 Å². The van der Waals surface area contributed by atoms with Crippen LogP contribution < -0.4 is 0 Å². The predicted octanol–water partition coefficient (Wildman–Crippen LogP) is 3.49. The number of rotatable bonds is 4. The third-order valence-electron chi connectivity index (χ3n) is 1.93. The van der Waals surface area contributed by atoms with Crippen LogP contribution in [-0.4, -0.2) is 60.0 Å². The summed E-state index contributed by atoms with van der Waals surface area (Å²) in [4.78, 5) is 9.87. The maximum Gasteiger partial charge on any atom is 2.00 e. The van der Waals surface area contributed by atoms with Gasteiger partial charge in [0.2, 0.25) is 0 Å².